The molecule has 0 radical (unpaired) electrons. The number of piperazine rings is 1. The van der Waals surface area contributed by atoms with E-state index in [1.54, 1.807) is 0 Å². The molecule has 0 aliphatic carbocycles. The van der Waals surface area contributed by atoms with E-state index >= 15 is 0 Å². The zero-order valence-electron chi connectivity index (χ0n) is 11.9. The summed E-state index contributed by atoms with van der Waals surface area (Å²) in [7, 11) is 0. The lowest BCUT2D eigenvalue weighted by atomic mass is 10.1. The molecular formula is C14H30N2. The van der Waals surface area contributed by atoms with Gasteiger partial charge in [-0.25, -0.2) is 0 Å². The minimum Gasteiger partial charge on any atom is -0.298 e. The summed E-state index contributed by atoms with van der Waals surface area (Å²) in [6, 6.07) is 1.48. The largest absolute Gasteiger partial charge is 0.298 e. The second-order valence-electron chi connectivity index (χ2n) is 5.82. The van der Waals surface area contributed by atoms with Crippen molar-refractivity contribution in [3.05, 3.63) is 0 Å². The standard InChI is InChI=1S/C14H30N2/c1-6-15-10-14(5)16(11-13(15)4)9-7-8-12(2)3/h12-14H,6-11H2,1-5H3/t13-,14+/m0/s1. The Morgan fingerprint density at radius 1 is 1.06 bits per heavy atom. The van der Waals surface area contributed by atoms with Gasteiger partial charge < -0.3 is 0 Å². The van der Waals surface area contributed by atoms with Gasteiger partial charge in [0, 0.05) is 25.2 Å². The molecule has 0 bridgehead atoms. The van der Waals surface area contributed by atoms with Gasteiger partial charge >= 0.3 is 0 Å². The molecule has 0 saturated carbocycles. The van der Waals surface area contributed by atoms with E-state index < -0.39 is 0 Å². The monoisotopic (exact) mass is 226 g/mol. The van der Waals surface area contributed by atoms with Crippen LogP contribution in [0.5, 0.6) is 0 Å². The van der Waals surface area contributed by atoms with Crippen LogP contribution in [-0.2, 0) is 0 Å². The van der Waals surface area contributed by atoms with Crippen LogP contribution in [0.15, 0.2) is 0 Å². The lowest BCUT2D eigenvalue weighted by Gasteiger charge is -2.44. The first-order valence-corrected chi connectivity index (χ1v) is 7.02. The highest BCUT2D eigenvalue weighted by atomic mass is 15.3. The van der Waals surface area contributed by atoms with Crippen LogP contribution in [-0.4, -0.2) is 48.1 Å². The van der Waals surface area contributed by atoms with Crippen LogP contribution in [0, 0.1) is 5.92 Å². The molecule has 0 amide bonds. The fourth-order valence-electron chi connectivity index (χ4n) is 2.72. The van der Waals surface area contributed by atoms with Crippen molar-refractivity contribution in [1.29, 1.82) is 0 Å². The molecule has 2 heteroatoms. The lowest BCUT2D eigenvalue weighted by Crippen LogP contribution is -2.56. The summed E-state index contributed by atoms with van der Waals surface area (Å²) in [6.45, 7) is 16.7. The van der Waals surface area contributed by atoms with Gasteiger partial charge in [-0.1, -0.05) is 20.8 Å². The number of likely N-dealkylation sites (N-methyl/N-ethyl adjacent to an activating group) is 1. The topological polar surface area (TPSA) is 6.48 Å². The van der Waals surface area contributed by atoms with Crippen molar-refractivity contribution < 1.29 is 0 Å². The number of nitrogens with zero attached hydrogens (tertiary/aromatic N) is 2. The van der Waals surface area contributed by atoms with Crippen LogP contribution in [0.4, 0.5) is 0 Å². The summed E-state index contributed by atoms with van der Waals surface area (Å²) in [5.41, 5.74) is 0. The molecule has 1 aliphatic heterocycles. The molecule has 96 valence electrons. The first kappa shape index (κ1) is 14.0. The quantitative estimate of drug-likeness (QED) is 0.711. The van der Waals surface area contributed by atoms with Gasteiger partial charge in [0.2, 0.25) is 0 Å². The highest BCUT2D eigenvalue weighted by Crippen LogP contribution is 2.16. The summed E-state index contributed by atoms with van der Waals surface area (Å²) in [6.07, 6.45) is 2.73. The van der Waals surface area contributed by atoms with Gasteiger partial charge in [0.25, 0.3) is 0 Å². The Labute approximate surface area is 102 Å². The molecule has 1 heterocycles. The van der Waals surface area contributed by atoms with E-state index in [2.05, 4.69) is 44.4 Å². The van der Waals surface area contributed by atoms with E-state index in [1.165, 1.54) is 39.0 Å². The summed E-state index contributed by atoms with van der Waals surface area (Å²) >= 11 is 0. The molecule has 0 unspecified atom stereocenters. The van der Waals surface area contributed by atoms with E-state index in [1.807, 2.05) is 0 Å². The van der Waals surface area contributed by atoms with Gasteiger partial charge in [0.15, 0.2) is 0 Å². The third-order valence-electron chi connectivity index (χ3n) is 3.88. The number of hydrogen-bond acceptors (Lipinski definition) is 2. The third kappa shape index (κ3) is 4.06. The van der Waals surface area contributed by atoms with Crippen molar-refractivity contribution >= 4 is 0 Å². The molecule has 16 heavy (non-hydrogen) atoms. The van der Waals surface area contributed by atoms with E-state index in [4.69, 9.17) is 0 Å². The minimum atomic E-state index is 0.736. The molecule has 2 nitrogen and oxygen atoms in total. The fourth-order valence-corrected chi connectivity index (χ4v) is 2.72. The average molecular weight is 226 g/mol. The van der Waals surface area contributed by atoms with Crippen LogP contribution in [0.3, 0.4) is 0 Å². The Balaban J connectivity index is 2.32. The van der Waals surface area contributed by atoms with E-state index in [-0.39, 0.29) is 0 Å². The Bertz CT molecular complexity index is 191. The van der Waals surface area contributed by atoms with Crippen LogP contribution in [0.25, 0.3) is 0 Å². The second-order valence-corrected chi connectivity index (χ2v) is 5.82. The van der Waals surface area contributed by atoms with Crippen molar-refractivity contribution in [3.8, 4) is 0 Å². The molecule has 0 aromatic carbocycles. The smallest absolute Gasteiger partial charge is 0.0195 e. The molecule has 0 spiro atoms. The minimum absolute atomic E-state index is 0.736. The molecule has 1 aliphatic rings. The van der Waals surface area contributed by atoms with Crippen molar-refractivity contribution in [3.63, 3.8) is 0 Å². The Morgan fingerprint density at radius 2 is 1.62 bits per heavy atom. The van der Waals surface area contributed by atoms with Crippen molar-refractivity contribution in [2.45, 2.75) is 59.5 Å². The molecule has 0 aromatic rings. The normalized spacial score (nSPS) is 28.9. The fraction of sp³-hybridized carbons (Fsp3) is 1.00. The molecular weight excluding hydrogens is 196 g/mol. The molecule has 0 N–H and O–H groups in total. The van der Waals surface area contributed by atoms with Gasteiger partial charge in [-0.2, -0.15) is 0 Å². The summed E-state index contributed by atoms with van der Waals surface area (Å²) in [4.78, 5) is 5.28. The lowest BCUT2D eigenvalue weighted by molar-refractivity contribution is 0.0448. The predicted octanol–water partition coefficient (Wildman–Crippen LogP) is 2.84. The second kappa shape index (κ2) is 6.61. The first-order chi connectivity index (χ1) is 7.54. The van der Waals surface area contributed by atoms with Crippen LogP contribution in [0.1, 0.15) is 47.5 Å². The maximum atomic E-state index is 2.68. The van der Waals surface area contributed by atoms with Gasteiger partial charge in [0.05, 0.1) is 0 Å². The van der Waals surface area contributed by atoms with Crippen molar-refractivity contribution in [2.24, 2.45) is 5.92 Å². The molecule has 0 aromatic heterocycles. The molecule has 1 rings (SSSR count). The Kier molecular flexibility index (Phi) is 5.77. The Morgan fingerprint density at radius 3 is 2.19 bits per heavy atom. The zero-order chi connectivity index (χ0) is 12.1. The van der Waals surface area contributed by atoms with Gasteiger partial charge in [0.1, 0.15) is 0 Å². The van der Waals surface area contributed by atoms with E-state index in [9.17, 15) is 0 Å². The highest BCUT2D eigenvalue weighted by molar-refractivity contribution is 4.83. The van der Waals surface area contributed by atoms with Crippen molar-refractivity contribution in [2.75, 3.05) is 26.2 Å². The van der Waals surface area contributed by atoms with E-state index in [0.717, 1.165) is 18.0 Å². The molecule has 2 atom stereocenters. The maximum absolute atomic E-state index is 2.68. The third-order valence-corrected chi connectivity index (χ3v) is 3.88. The summed E-state index contributed by atoms with van der Waals surface area (Å²) < 4.78 is 0. The van der Waals surface area contributed by atoms with Crippen LogP contribution < -0.4 is 0 Å². The first-order valence-electron chi connectivity index (χ1n) is 7.02. The maximum Gasteiger partial charge on any atom is 0.0195 e. The SMILES string of the molecule is CCN1C[C@@H](C)N(CCCC(C)C)C[C@@H]1C. The molecule has 1 saturated heterocycles. The van der Waals surface area contributed by atoms with Crippen molar-refractivity contribution in [1.82, 2.24) is 9.80 Å². The Hall–Kier alpha value is -0.0800. The van der Waals surface area contributed by atoms with Gasteiger partial charge in [-0.3, -0.25) is 9.80 Å². The van der Waals surface area contributed by atoms with Crippen LogP contribution >= 0.6 is 0 Å². The van der Waals surface area contributed by atoms with E-state index in [0.29, 0.717) is 0 Å². The number of rotatable bonds is 5. The summed E-state index contributed by atoms with van der Waals surface area (Å²) in [5.74, 6) is 0.852. The van der Waals surface area contributed by atoms with Gasteiger partial charge in [-0.05, 0) is 45.7 Å². The predicted molar refractivity (Wildman–Crippen MR) is 71.8 cm³/mol. The highest BCUT2D eigenvalue weighted by Gasteiger charge is 2.27. The van der Waals surface area contributed by atoms with Crippen LogP contribution in [0.2, 0.25) is 0 Å². The average Bonchev–Trinajstić information content (AvgIpc) is 2.22. The molecule has 1 fully saturated rings. The summed E-state index contributed by atoms with van der Waals surface area (Å²) in [5, 5.41) is 0. The zero-order valence-corrected chi connectivity index (χ0v) is 11.9. The number of hydrogen-bond donors (Lipinski definition) is 0. The van der Waals surface area contributed by atoms with Gasteiger partial charge in [-0.15, -0.1) is 0 Å².